The summed E-state index contributed by atoms with van der Waals surface area (Å²) < 4.78 is 7.27. The third-order valence-electron chi connectivity index (χ3n) is 2.85. The van der Waals surface area contributed by atoms with Gasteiger partial charge < -0.3 is 9.84 Å². The third kappa shape index (κ3) is 4.30. The second kappa shape index (κ2) is 8.08. The van der Waals surface area contributed by atoms with Crippen LogP contribution < -0.4 is 0 Å². The Hall–Kier alpha value is -0.920. The SMILES string of the molecule is COCCCn1c(O)c(C=Nc2ccc(Cl)cc2Cl)sc1=S. The zero-order chi connectivity index (χ0) is 16.1. The zero-order valence-corrected chi connectivity index (χ0v) is 14.9. The van der Waals surface area contributed by atoms with E-state index in [1.165, 1.54) is 11.3 Å². The topological polar surface area (TPSA) is 46.8 Å². The largest absolute Gasteiger partial charge is 0.493 e. The van der Waals surface area contributed by atoms with Crippen molar-refractivity contribution in [3.63, 3.8) is 0 Å². The van der Waals surface area contributed by atoms with E-state index >= 15 is 0 Å². The van der Waals surface area contributed by atoms with Crippen LogP contribution in [0, 0.1) is 3.95 Å². The molecule has 118 valence electrons. The van der Waals surface area contributed by atoms with Gasteiger partial charge in [-0.15, -0.1) is 0 Å². The Labute approximate surface area is 147 Å². The first-order valence-electron chi connectivity index (χ1n) is 6.43. The fourth-order valence-corrected chi connectivity index (χ4v) is 3.46. The van der Waals surface area contributed by atoms with Crippen LogP contribution in [0.1, 0.15) is 11.3 Å². The number of hydrogen-bond donors (Lipinski definition) is 1. The number of aromatic nitrogens is 1. The van der Waals surface area contributed by atoms with Crippen LogP contribution in [0.5, 0.6) is 5.88 Å². The number of aliphatic imine (C=N–C) groups is 1. The van der Waals surface area contributed by atoms with Gasteiger partial charge >= 0.3 is 0 Å². The highest BCUT2D eigenvalue weighted by atomic mass is 35.5. The molecule has 0 fully saturated rings. The van der Waals surface area contributed by atoms with E-state index in [9.17, 15) is 5.11 Å². The van der Waals surface area contributed by atoms with E-state index in [2.05, 4.69) is 4.99 Å². The molecule has 2 aromatic rings. The number of methoxy groups -OCH3 is 1. The molecule has 0 aliphatic carbocycles. The first kappa shape index (κ1) is 17.4. The number of nitrogens with zero attached hydrogens (tertiary/aromatic N) is 2. The van der Waals surface area contributed by atoms with Crippen LogP contribution in [0.3, 0.4) is 0 Å². The lowest BCUT2D eigenvalue weighted by molar-refractivity contribution is 0.189. The van der Waals surface area contributed by atoms with Gasteiger partial charge in [0.05, 0.1) is 16.9 Å². The number of hydrogen-bond acceptors (Lipinski definition) is 5. The highest BCUT2D eigenvalue weighted by Gasteiger charge is 2.10. The van der Waals surface area contributed by atoms with E-state index in [0.717, 1.165) is 6.42 Å². The number of ether oxygens (including phenoxy) is 1. The van der Waals surface area contributed by atoms with Crippen LogP contribution in [0.25, 0.3) is 0 Å². The lowest BCUT2D eigenvalue weighted by atomic mass is 10.3. The molecule has 22 heavy (non-hydrogen) atoms. The Morgan fingerprint density at radius 1 is 1.45 bits per heavy atom. The highest BCUT2D eigenvalue weighted by molar-refractivity contribution is 7.73. The molecule has 0 radical (unpaired) electrons. The summed E-state index contributed by atoms with van der Waals surface area (Å²) in [5.41, 5.74) is 0.579. The Kier molecular flexibility index (Phi) is 6.40. The molecule has 0 spiro atoms. The molecule has 0 saturated heterocycles. The minimum absolute atomic E-state index is 0.111. The van der Waals surface area contributed by atoms with Crippen molar-refractivity contribution in [2.45, 2.75) is 13.0 Å². The molecule has 8 heteroatoms. The van der Waals surface area contributed by atoms with E-state index < -0.39 is 0 Å². The van der Waals surface area contributed by atoms with Crippen molar-refractivity contribution in [1.29, 1.82) is 0 Å². The van der Waals surface area contributed by atoms with Crippen LogP contribution in [0.15, 0.2) is 23.2 Å². The summed E-state index contributed by atoms with van der Waals surface area (Å²) in [6.45, 7) is 1.21. The molecule has 0 unspecified atom stereocenters. The second-order valence-corrected chi connectivity index (χ2v) is 6.93. The number of benzene rings is 1. The van der Waals surface area contributed by atoms with Gasteiger partial charge in [-0.05, 0) is 36.8 Å². The average Bonchev–Trinajstić information content (AvgIpc) is 2.74. The predicted octanol–water partition coefficient (Wildman–Crippen LogP) is 5.08. The normalized spacial score (nSPS) is 11.4. The standard InChI is InChI=1S/C14H14Cl2N2O2S2/c1-20-6-2-5-18-13(19)12(22-14(18)21)8-17-11-4-3-9(15)7-10(11)16/h3-4,7-8,19H,2,5-6H2,1H3. The van der Waals surface area contributed by atoms with Crippen molar-refractivity contribution >= 4 is 58.7 Å². The van der Waals surface area contributed by atoms with Gasteiger partial charge in [-0.2, -0.15) is 0 Å². The minimum Gasteiger partial charge on any atom is -0.493 e. The Morgan fingerprint density at radius 2 is 2.23 bits per heavy atom. The fraction of sp³-hybridized carbons (Fsp3) is 0.286. The summed E-state index contributed by atoms with van der Waals surface area (Å²) >= 11 is 18.5. The van der Waals surface area contributed by atoms with Crippen LogP contribution in [-0.2, 0) is 11.3 Å². The summed E-state index contributed by atoms with van der Waals surface area (Å²) in [6.07, 6.45) is 2.33. The number of aromatic hydroxyl groups is 1. The van der Waals surface area contributed by atoms with Crippen LogP contribution in [0.4, 0.5) is 5.69 Å². The van der Waals surface area contributed by atoms with E-state index in [1.54, 1.807) is 36.1 Å². The molecule has 0 saturated carbocycles. The maximum absolute atomic E-state index is 10.2. The monoisotopic (exact) mass is 376 g/mol. The van der Waals surface area contributed by atoms with Crippen molar-refractivity contribution in [2.24, 2.45) is 4.99 Å². The molecule has 1 N–H and O–H groups in total. The van der Waals surface area contributed by atoms with E-state index in [4.69, 9.17) is 40.2 Å². The zero-order valence-electron chi connectivity index (χ0n) is 11.8. The summed E-state index contributed by atoms with van der Waals surface area (Å²) in [5, 5.41) is 11.2. The maximum atomic E-state index is 10.2. The molecule has 0 aliphatic rings. The van der Waals surface area contributed by atoms with Gasteiger partial charge in [0.1, 0.15) is 4.88 Å². The molecule has 1 heterocycles. The molecule has 0 aliphatic heterocycles. The van der Waals surface area contributed by atoms with Gasteiger partial charge in [-0.25, -0.2) is 0 Å². The quantitative estimate of drug-likeness (QED) is 0.434. The average molecular weight is 377 g/mol. The number of thiazole rings is 1. The summed E-state index contributed by atoms with van der Waals surface area (Å²) in [7, 11) is 1.64. The first-order valence-corrected chi connectivity index (χ1v) is 8.41. The Balaban J connectivity index is 2.21. The Morgan fingerprint density at radius 3 is 2.91 bits per heavy atom. The molecule has 2 rings (SSSR count). The minimum atomic E-state index is 0.111. The molecule has 1 aromatic carbocycles. The van der Waals surface area contributed by atoms with Gasteiger partial charge in [0.25, 0.3) is 0 Å². The van der Waals surface area contributed by atoms with Crippen molar-refractivity contribution in [1.82, 2.24) is 4.57 Å². The van der Waals surface area contributed by atoms with Gasteiger partial charge in [-0.1, -0.05) is 34.5 Å². The van der Waals surface area contributed by atoms with Gasteiger partial charge in [0.15, 0.2) is 3.95 Å². The van der Waals surface area contributed by atoms with E-state index in [1.807, 2.05) is 0 Å². The lowest BCUT2D eigenvalue weighted by Gasteiger charge is -2.03. The van der Waals surface area contributed by atoms with Crippen molar-refractivity contribution < 1.29 is 9.84 Å². The molecular formula is C14H14Cl2N2O2S2. The van der Waals surface area contributed by atoms with Crippen molar-refractivity contribution in [3.05, 3.63) is 37.1 Å². The second-order valence-electron chi connectivity index (χ2n) is 4.41. The van der Waals surface area contributed by atoms with Crippen LogP contribution >= 0.6 is 46.8 Å². The van der Waals surface area contributed by atoms with Crippen molar-refractivity contribution in [2.75, 3.05) is 13.7 Å². The molecule has 0 amide bonds. The van der Waals surface area contributed by atoms with Gasteiger partial charge in [0, 0.05) is 25.3 Å². The van der Waals surface area contributed by atoms with E-state index in [0.29, 0.717) is 37.7 Å². The van der Waals surface area contributed by atoms with Crippen LogP contribution in [0.2, 0.25) is 10.0 Å². The van der Waals surface area contributed by atoms with Crippen LogP contribution in [-0.4, -0.2) is 29.6 Å². The number of halogens is 2. The predicted molar refractivity (Wildman–Crippen MR) is 95.0 cm³/mol. The lowest BCUT2D eigenvalue weighted by Crippen LogP contribution is -2.00. The summed E-state index contributed by atoms with van der Waals surface area (Å²) in [4.78, 5) is 4.87. The summed E-state index contributed by atoms with van der Waals surface area (Å²) in [6, 6.07) is 5.04. The Bertz CT molecular complexity index is 741. The fourth-order valence-electron chi connectivity index (χ4n) is 1.78. The molecule has 0 bridgehead atoms. The van der Waals surface area contributed by atoms with Crippen molar-refractivity contribution in [3.8, 4) is 5.88 Å². The first-order chi connectivity index (χ1) is 10.5. The molecule has 0 atom stereocenters. The number of rotatable bonds is 6. The van der Waals surface area contributed by atoms with E-state index in [-0.39, 0.29) is 5.88 Å². The third-order valence-corrected chi connectivity index (χ3v) is 4.77. The highest BCUT2D eigenvalue weighted by Crippen LogP contribution is 2.29. The summed E-state index contributed by atoms with van der Waals surface area (Å²) in [5.74, 6) is 0.111. The molecular weight excluding hydrogens is 363 g/mol. The molecule has 4 nitrogen and oxygen atoms in total. The van der Waals surface area contributed by atoms with Gasteiger partial charge in [-0.3, -0.25) is 9.56 Å². The smallest absolute Gasteiger partial charge is 0.212 e. The molecule has 1 aromatic heterocycles. The van der Waals surface area contributed by atoms with Gasteiger partial charge in [0.2, 0.25) is 5.88 Å². The maximum Gasteiger partial charge on any atom is 0.212 e.